The van der Waals surface area contributed by atoms with Crippen molar-refractivity contribution in [2.75, 3.05) is 19.7 Å². The third-order valence-corrected chi connectivity index (χ3v) is 4.00. The number of benzene rings is 1. The van der Waals surface area contributed by atoms with Crippen LogP contribution in [0.15, 0.2) is 24.3 Å². The van der Waals surface area contributed by atoms with Gasteiger partial charge in [0, 0.05) is 24.9 Å². The standard InChI is InChI=1S/C18H25NO3/c1-2-22-18(21)11-6-5-10-17(20)16-9-4-3-8-15(16)14-19-12-7-13-19/h3-4,8-9H,2,5-7,10-14H2,1H3. The topological polar surface area (TPSA) is 46.6 Å². The predicted molar refractivity (Wildman–Crippen MR) is 85.8 cm³/mol. The smallest absolute Gasteiger partial charge is 0.305 e. The van der Waals surface area contributed by atoms with Gasteiger partial charge in [0.2, 0.25) is 0 Å². The van der Waals surface area contributed by atoms with Crippen molar-refractivity contribution >= 4 is 11.8 Å². The van der Waals surface area contributed by atoms with Crippen molar-refractivity contribution in [2.45, 2.75) is 45.6 Å². The van der Waals surface area contributed by atoms with E-state index in [9.17, 15) is 9.59 Å². The van der Waals surface area contributed by atoms with E-state index in [1.54, 1.807) is 6.92 Å². The first-order chi connectivity index (χ1) is 10.7. The molecule has 1 fully saturated rings. The number of nitrogens with zero attached hydrogens (tertiary/aromatic N) is 1. The van der Waals surface area contributed by atoms with Crippen LogP contribution in [0.1, 0.15) is 54.9 Å². The van der Waals surface area contributed by atoms with Crippen molar-refractivity contribution < 1.29 is 14.3 Å². The number of carbonyl (C=O) groups excluding carboxylic acids is 2. The Hall–Kier alpha value is -1.68. The third-order valence-electron chi connectivity index (χ3n) is 4.00. The first-order valence-corrected chi connectivity index (χ1v) is 8.19. The highest BCUT2D eigenvalue weighted by Gasteiger charge is 2.17. The lowest BCUT2D eigenvalue weighted by Crippen LogP contribution is -2.36. The Kier molecular flexibility index (Phi) is 6.59. The Morgan fingerprint density at radius 2 is 1.86 bits per heavy atom. The summed E-state index contributed by atoms with van der Waals surface area (Å²) in [7, 11) is 0. The average Bonchev–Trinajstić information content (AvgIpc) is 2.48. The fraction of sp³-hybridized carbons (Fsp3) is 0.556. The number of Topliss-reactive ketones (excluding diaryl/α,β-unsaturated/α-hetero) is 1. The molecule has 0 aliphatic carbocycles. The number of ketones is 1. The van der Waals surface area contributed by atoms with Gasteiger partial charge in [0.05, 0.1) is 6.61 Å². The molecule has 0 unspecified atom stereocenters. The molecule has 0 aromatic heterocycles. The summed E-state index contributed by atoms with van der Waals surface area (Å²) < 4.78 is 4.89. The number of esters is 1. The van der Waals surface area contributed by atoms with Gasteiger partial charge in [-0.15, -0.1) is 0 Å². The summed E-state index contributed by atoms with van der Waals surface area (Å²) in [6.07, 6.45) is 3.59. The molecule has 0 atom stereocenters. The molecule has 1 aliphatic rings. The Bertz CT molecular complexity index is 509. The summed E-state index contributed by atoms with van der Waals surface area (Å²) in [5, 5.41) is 0. The second-order valence-corrected chi connectivity index (χ2v) is 5.72. The average molecular weight is 303 g/mol. The molecule has 0 N–H and O–H groups in total. The molecular weight excluding hydrogens is 278 g/mol. The highest BCUT2D eigenvalue weighted by Crippen LogP contribution is 2.18. The molecule has 1 aromatic carbocycles. The van der Waals surface area contributed by atoms with Crippen molar-refractivity contribution in [3.05, 3.63) is 35.4 Å². The fourth-order valence-electron chi connectivity index (χ4n) is 2.63. The SMILES string of the molecule is CCOC(=O)CCCCC(=O)c1ccccc1CN1CCC1. The number of ether oxygens (including phenoxy) is 1. The molecule has 0 amide bonds. The highest BCUT2D eigenvalue weighted by molar-refractivity contribution is 5.97. The van der Waals surface area contributed by atoms with E-state index < -0.39 is 0 Å². The summed E-state index contributed by atoms with van der Waals surface area (Å²) in [6, 6.07) is 7.88. The molecule has 1 aromatic rings. The van der Waals surface area contributed by atoms with Crippen LogP contribution in [0.2, 0.25) is 0 Å². The number of likely N-dealkylation sites (tertiary alicyclic amines) is 1. The zero-order chi connectivity index (χ0) is 15.8. The number of carbonyl (C=O) groups is 2. The van der Waals surface area contributed by atoms with Gasteiger partial charge >= 0.3 is 5.97 Å². The van der Waals surface area contributed by atoms with Crippen molar-refractivity contribution in [1.29, 1.82) is 0 Å². The molecule has 0 radical (unpaired) electrons. The minimum Gasteiger partial charge on any atom is -0.466 e. The van der Waals surface area contributed by atoms with Gasteiger partial charge in [-0.1, -0.05) is 24.3 Å². The van der Waals surface area contributed by atoms with Gasteiger partial charge in [0.1, 0.15) is 0 Å². The van der Waals surface area contributed by atoms with Crippen molar-refractivity contribution in [3.8, 4) is 0 Å². The monoisotopic (exact) mass is 303 g/mol. The zero-order valence-electron chi connectivity index (χ0n) is 13.3. The van der Waals surface area contributed by atoms with E-state index in [4.69, 9.17) is 4.74 Å². The summed E-state index contributed by atoms with van der Waals surface area (Å²) >= 11 is 0. The maximum absolute atomic E-state index is 12.4. The lowest BCUT2D eigenvalue weighted by molar-refractivity contribution is -0.143. The van der Waals surface area contributed by atoms with Crippen LogP contribution in [0.25, 0.3) is 0 Å². The minimum atomic E-state index is -0.173. The largest absolute Gasteiger partial charge is 0.466 e. The van der Waals surface area contributed by atoms with Crippen molar-refractivity contribution in [2.24, 2.45) is 0 Å². The second-order valence-electron chi connectivity index (χ2n) is 5.72. The molecular formula is C18H25NO3. The number of hydrogen-bond donors (Lipinski definition) is 0. The Balaban J connectivity index is 1.80. The van der Waals surface area contributed by atoms with Gasteiger partial charge in [0.15, 0.2) is 5.78 Å². The summed E-state index contributed by atoms with van der Waals surface area (Å²) in [5.74, 6) is 0.00751. The maximum Gasteiger partial charge on any atom is 0.305 e. The third kappa shape index (κ3) is 4.95. The van der Waals surface area contributed by atoms with E-state index in [0.717, 1.165) is 37.2 Å². The first-order valence-electron chi connectivity index (χ1n) is 8.19. The quantitative estimate of drug-likeness (QED) is 0.399. The normalized spacial score (nSPS) is 14.4. The molecule has 120 valence electrons. The van der Waals surface area contributed by atoms with Crippen molar-refractivity contribution in [3.63, 3.8) is 0 Å². The summed E-state index contributed by atoms with van der Waals surface area (Å²) in [5.41, 5.74) is 1.96. The maximum atomic E-state index is 12.4. The Labute approximate surface area is 132 Å². The highest BCUT2D eigenvalue weighted by atomic mass is 16.5. The molecule has 4 nitrogen and oxygen atoms in total. The minimum absolute atomic E-state index is 0.173. The Morgan fingerprint density at radius 3 is 2.55 bits per heavy atom. The van der Waals surface area contributed by atoms with E-state index >= 15 is 0 Å². The van der Waals surface area contributed by atoms with Crippen LogP contribution in [0.3, 0.4) is 0 Å². The van der Waals surface area contributed by atoms with Gasteiger partial charge < -0.3 is 4.74 Å². The van der Waals surface area contributed by atoms with E-state index in [-0.39, 0.29) is 11.8 Å². The molecule has 4 heteroatoms. The molecule has 0 saturated carbocycles. The van der Waals surface area contributed by atoms with Crippen LogP contribution in [-0.2, 0) is 16.1 Å². The number of unbranched alkanes of at least 4 members (excludes halogenated alkanes) is 1. The molecule has 1 heterocycles. The second kappa shape index (κ2) is 8.69. The van der Waals surface area contributed by atoms with E-state index in [1.165, 1.54) is 6.42 Å². The van der Waals surface area contributed by atoms with Crippen molar-refractivity contribution in [1.82, 2.24) is 4.90 Å². The molecule has 1 aliphatic heterocycles. The fourth-order valence-corrected chi connectivity index (χ4v) is 2.63. The zero-order valence-corrected chi connectivity index (χ0v) is 13.3. The van der Waals surface area contributed by atoms with Crippen LogP contribution in [-0.4, -0.2) is 36.3 Å². The molecule has 22 heavy (non-hydrogen) atoms. The number of hydrogen-bond acceptors (Lipinski definition) is 4. The van der Waals surface area contributed by atoms with Crippen LogP contribution < -0.4 is 0 Å². The van der Waals surface area contributed by atoms with Crippen LogP contribution in [0.4, 0.5) is 0 Å². The van der Waals surface area contributed by atoms with Gasteiger partial charge in [-0.2, -0.15) is 0 Å². The number of rotatable bonds is 9. The van der Waals surface area contributed by atoms with Gasteiger partial charge in [0.25, 0.3) is 0 Å². The Morgan fingerprint density at radius 1 is 1.14 bits per heavy atom. The van der Waals surface area contributed by atoms with Gasteiger partial charge in [-0.3, -0.25) is 14.5 Å². The molecule has 1 saturated heterocycles. The van der Waals surface area contributed by atoms with Gasteiger partial charge in [-0.05, 0) is 44.8 Å². The molecule has 0 spiro atoms. The van der Waals surface area contributed by atoms with Crippen LogP contribution in [0.5, 0.6) is 0 Å². The van der Waals surface area contributed by atoms with Crippen LogP contribution >= 0.6 is 0 Å². The van der Waals surface area contributed by atoms with E-state index in [2.05, 4.69) is 4.90 Å². The summed E-state index contributed by atoms with van der Waals surface area (Å²) in [4.78, 5) is 26.0. The lowest BCUT2D eigenvalue weighted by atomic mass is 9.98. The lowest BCUT2D eigenvalue weighted by Gasteiger charge is -2.31. The van der Waals surface area contributed by atoms with Crippen LogP contribution in [0, 0.1) is 0 Å². The van der Waals surface area contributed by atoms with E-state index in [1.807, 2.05) is 24.3 Å². The molecule has 2 rings (SSSR count). The first kappa shape index (κ1) is 16.7. The summed E-state index contributed by atoms with van der Waals surface area (Å²) in [6.45, 7) is 5.34. The van der Waals surface area contributed by atoms with E-state index in [0.29, 0.717) is 25.9 Å². The van der Waals surface area contributed by atoms with Gasteiger partial charge in [-0.25, -0.2) is 0 Å². The predicted octanol–water partition coefficient (Wildman–Crippen LogP) is 3.20. The molecule has 0 bridgehead atoms.